The zero-order chi connectivity index (χ0) is 15.0. The molecule has 0 saturated carbocycles. The van der Waals surface area contributed by atoms with E-state index in [2.05, 4.69) is 18.7 Å². The Balaban J connectivity index is 1.82. The first kappa shape index (κ1) is 14.8. The van der Waals surface area contributed by atoms with Crippen molar-refractivity contribution < 1.29 is 14.2 Å². The second kappa shape index (κ2) is 5.58. The van der Waals surface area contributed by atoms with Crippen molar-refractivity contribution in [2.45, 2.75) is 57.3 Å². The molecule has 1 aromatic carbocycles. The summed E-state index contributed by atoms with van der Waals surface area (Å²) in [4.78, 5) is 2.46. The molecule has 0 bridgehead atoms. The van der Waals surface area contributed by atoms with Crippen LogP contribution in [0.4, 0.5) is 4.39 Å². The molecule has 3 nitrogen and oxygen atoms in total. The van der Waals surface area contributed by atoms with Crippen LogP contribution in [0.15, 0.2) is 18.2 Å². The Labute approximate surface area is 125 Å². The third kappa shape index (κ3) is 2.92. The lowest BCUT2D eigenvalue weighted by molar-refractivity contribution is -0.0244. The van der Waals surface area contributed by atoms with Gasteiger partial charge in [-0.3, -0.25) is 0 Å². The number of fused-ring (bicyclic) bond motifs is 1. The molecule has 2 aliphatic rings. The van der Waals surface area contributed by atoms with Crippen molar-refractivity contribution >= 4 is 0 Å². The van der Waals surface area contributed by atoms with Crippen LogP contribution in [0.25, 0.3) is 0 Å². The highest BCUT2D eigenvalue weighted by molar-refractivity contribution is 5.38. The van der Waals surface area contributed by atoms with Gasteiger partial charge >= 0.3 is 0 Å². The van der Waals surface area contributed by atoms with E-state index in [1.165, 1.54) is 12.1 Å². The second-order valence-corrected chi connectivity index (χ2v) is 6.67. The molecule has 0 radical (unpaired) electrons. The Kier molecular flexibility index (Phi) is 3.93. The lowest BCUT2D eigenvalue weighted by atomic mass is 9.83. The highest BCUT2D eigenvalue weighted by atomic mass is 19.1. The van der Waals surface area contributed by atoms with E-state index in [0.29, 0.717) is 23.8 Å². The van der Waals surface area contributed by atoms with Gasteiger partial charge in [-0.1, -0.05) is 0 Å². The maximum absolute atomic E-state index is 13.3. The Bertz CT molecular complexity index is 520. The molecule has 4 heteroatoms. The molecule has 2 aliphatic heterocycles. The first-order chi connectivity index (χ1) is 9.99. The van der Waals surface area contributed by atoms with Crippen molar-refractivity contribution in [3.05, 3.63) is 29.6 Å². The summed E-state index contributed by atoms with van der Waals surface area (Å²) in [5, 5.41) is 10.4. The van der Waals surface area contributed by atoms with E-state index in [1.807, 2.05) is 0 Å². The van der Waals surface area contributed by atoms with Gasteiger partial charge in [0.05, 0.1) is 6.10 Å². The van der Waals surface area contributed by atoms with Crippen LogP contribution in [0.3, 0.4) is 0 Å². The van der Waals surface area contributed by atoms with Crippen molar-refractivity contribution in [1.82, 2.24) is 4.90 Å². The van der Waals surface area contributed by atoms with Crippen LogP contribution < -0.4 is 4.74 Å². The van der Waals surface area contributed by atoms with Crippen LogP contribution >= 0.6 is 0 Å². The van der Waals surface area contributed by atoms with E-state index in [-0.39, 0.29) is 11.4 Å². The van der Waals surface area contributed by atoms with Gasteiger partial charge in [0.2, 0.25) is 0 Å². The molecule has 1 N–H and O–H groups in total. The van der Waals surface area contributed by atoms with Crippen molar-refractivity contribution in [3.63, 3.8) is 0 Å². The average molecular weight is 293 g/mol. The van der Waals surface area contributed by atoms with Crippen molar-refractivity contribution in [2.24, 2.45) is 0 Å². The zero-order valence-corrected chi connectivity index (χ0v) is 12.8. The van der Waals surface area contributed by atoms with E-state index < -0.39 is 6.10 Å². The predicted octanol–water partition coefficient (Wildman–Crippen LogP) is 3.27. The summed E-state index contributed by atoms with van der Waals surface area (Å²) in [5.41, 5.74) is 0.291. The monoisotopic (exact) mass is 293 g/mol. The van der Waals surface area contributed by atoms with Crippen LogP contribution in [-0.4, -0.2) is 34.7 Å². The summed E-state index contributed by atoms with van der Waals surface area (Å²) in [7, 11) is 0. The van der Waals surface area contributed by atoms with Crippen LogP contribution in [0.5, 0.6) is 5.75 Å². The fraction of sp³-hybridized carbons (Fsp3) is 0.647. The minimum absolute atomic E-state index is 0.298. The van der Waals surface area contributed by atoms with Gasteiger partial charge in [-0.2, -0.15) is 0 Å². The fourth-order valence-electron chi connectivity index (χ4n) is 3.62. The maximum atomic E-state index is 13.3. The van der Waals surface area contributed by atoms with Gasteiger partial charge in [0, 0.05) is 24.6 Å². The van der Waals surface area contributed by atoms with Crippen molar-refractivity contribution in [3.8, 4) is 5.75 Å². The first-order valence-electron chi connectivity index (χ1n) is 7.90. The molecule has 1 unspecified atom stereocenters. The minimum Gasteiger partial charge on any atom is -0.487 e. The third-order valence-electron chi connectivity index (χ3n) is 4.89. The summed E-state index contributed by atoms with van der Waals surface area (Å²) in [6.07, 6.45) is 2.87. The van der Waals surface area contributed by atoms with Gasteiger partial charge < -0.3 is 14.7 Å². The average Bonchev–Trinajstić information content (AvgIpc) is 2.63. The number of hydrogen-bond acceptors (Lipinski definition) is 3. The van der Waals surface area contributed by atoms with E-state index in [4.69, 9.17) is 4.74 Å². The standard InChI is InChI=1S/C17H24FNO2/c1-12(2)19-8-3-6-17(7-9-19)11-15(20)14-10-13(18)4-5-16(14)21-17/h4-5,10,12,15,20H,3,6-9,11H2,1-2H3/t15-,17?/m0/s1. The predicted molar refractivity (Wildman–Crippen MR) is 79.9 cm³/mol. The molecule has 3 rings (SSSR count). The highest BCUT2D eigenvalue weighted by Gasteiger charge is 2.41. The molecule has 1 saturated heterocycles. The molecule has 1 fully saturated rings. The first-order valence-corrected chi connectivity index (χ1v) is 7.90. The van der Waals surface area contributed by atoms with Gasteiger partial charge in [0.25, 0.3) is 0 Å². The topological polar surface area (TPSA) is 32.7 Å². The Morgan fingerprint density at radius 2 is 2.14 bits per heavy atom. The van der Waals surface area contributed by atoms with Crippen LogP contribution in [0.1, 0.15) is 51.2 Å². The molecule has 1 spiro atoms. The molecule has 116 valence electrons. The van der Waals surface area contributed by atoms with E-state index in [0.717, 1.165) is 32.4 Å². The highest BCUT2D eigenvalue weighted by Crippen LogP contribution is 2.44. The summed E-state index contributed by atoms with van der Waals surface area (Å²) < 4.78 is 19.6. The summed E-state index contributed by atoms with van der Waals surface area (Å²) >= 11 is 0. The maximum Gasteiger partial charge on any atom is 0.126 e. The Morgan fingerprint density at radius 3 is 2.90 bits per heavy atom. The molecule has 2 heterocycles. The molecule has 0 aromatic heterocycles. The van der Waals surface area contributed by atoms with Gasteiger partial charge in [-0.05, 0) is 57.9 Å². The van der Waals surface area contributed by atoms with Crippen LogP contribution in [0.2, 0.25) is 0 Å². The van der Waals surface area contributed by atoms with Crippen LogP contribution in [0, 0.1) is 5.82 Å². The number of aliphatic hydroxyl groups is 1. The normalized spacial score (nSPS) is 30.0. The molecule has 0 amide bonds. The van der Waals surface area contributed by atoms with Gasteiger partial charge in [-0.15, -0.1) is 0 Å². The molecule has 21 heavy (non-hydrogen) atoms. The second-order valence-electron chi connectivity index (χ2n) is 6.67. The van der Waals surface area contributed by atoms with Crippen molar-refractivity contribution in [1.29, 1.82) is 0 Å². The minimum atomic E-state index is -0.630. The number of rotatable bonds is 1. The van der Waals surface area contributed by atoms with E-state index in [9.17, 15) is 9.50 Å². The largest absolute Gasteiger partial charge is 0.487 e. The number of ether oxygens (including phenoxy) is 1. The Hall–Kier alpha value is -1.13. The third-order valence-corrected chi connectivity index (χ3v) is 4.89. The lowest BCUT2D eigenvalue weighted by Crippen LogP contribution is -2.42. The summed E-state index contributed by atoms with van der Waals surface area (Å²) in [6, 6.07) is 4.99. The number of halogens is 1. The SMILES string of the molecule is CC(C)N1CCCC2(CC1)C[C@H](O)c1cc(F)ccc1O2. The smallest absolute Gasteiger partial charge is 0.126 e. The zero-order valence-electron chi connectivity index (χ0n) is 12.8. The van der Waals surface area contributed by atoms with Gasteiger partial charge in [0.1, 0.15) is 17.2 Å². The molecule has 2 atom stereocenters. The number of nitrogens with zero attached hydrogens (tertiary/aromatic N) is 1. The van der Waals surface area contributed by atoms with E-state index in [1.54, 1.807) is 6.07 Å². The number of hydrogen-bond donors (Lipinski definition) is 1. The molecule has 0 aliphatic carbocycles. The Morgan fingerprint density at radius 1 is 1.33 bits per heavy atom. The molecule has 1 aromatic rings. The fourth-order valence-corrected chi connectivity index (χ4v) is 3.62. The lowest BCUT2D eigenvalue weighted by Gasteiger charge is -2.40. The molecular formula is C17H24FNO2. The number of benzene rings is 1. The van der Waals surface area contributed by atoms with Gasteiger partial charge in [-0.25, -0.2) is 4.39 Å². The summed E-state index contributed by atoms with van der Waals surface area (Å²) in [6.45, 7) is 6.50. The quantitative estimate of drug-likeness (QED) is 0.862. The summed E-state index contributed by atoms with van der Waals surface area (Å²) in [5.74, 6) is 0.326. The molecular weight excluding hydrogens is 269 g/mol. The number of likely N-dealkylation sites (tertiary alicyclic amines) is 1. The number of aliphatic hydroxyl groups excluding tert-OH is 1. The van der Waals surface area contributed by atoms with Gasteiger partial charge in [0.15, 0.2) is 0 Å². The van der Waals surface area contributed by atoms with E-state index >= 15 is 0 Å². The van der Waals surface area contributed by atoms with Crippen molar-refractivity contribution in [2.75, 3.05) is 13.1 Å². The van der Waals surface area contributed by atoms with Crippen LogP contribution in [-0.2, 0) is 0 Å².